The standard InChI is InChI=1S/C28H36N2O6S/c1-5-7-8-13-36-21-12-11-19(15-22(21)34-6-2)24-23(25(31)27-17(3)29-18(4)37-27)26(32)28(33)30(24)16-20-10-9-14-35-20/h11-12,15,20,24,32H,5-10,13-14,16H2,1-4H3. The Balaban J connectivity index is 1.73. The number of ether oxygens (including phenoxy) is 3. The molecule has 1 N–H and O–H groups in total. The number of amides is 1. The number of unbranched alkanes of at least 4 members (excludes halogenated alkanes) is 2. The molecular formula is C28H36N2O6S. The van der Waals surface area contributed by atoms with Gasteiger partial charge in [-0.05, 0) is 57.7 Å². The number of hydrogen-bond acceptors (Lipinski definition) is 8. The molecule has 1 fully saturated rings. The Labute approximate surface area is 222 Å². The lowest BCUT2D eigenvalue weighted by molar-refractivity contribution is -0.131. The van der Waals surface area contributed by atoms with Crippen molar-refractivity contribution < 1.29 is 28.9 Å². The lowest BCUT2D eigenvalue weighted by Gasteiger charge is -2.29. The Hall–Kier alpha value is -2.91. The van der Waals surface area contributed by atoms with Crippen molar-refractivity contribution in [3.05, 3.63) is 50.7 Å². The molecule has 0 bridgehead atoms. The first-order chi connectivity index (χ1) is 17.8. The summed E-state index contributed by atoms with van der Waals surface area (Å²) in [6, 6.07) is 4.70. The smallest absolute Gasteiger partial charge is 0.290 e. The van der Waals surface area contributed by atoms with Gasteiger partial charge in [0.2, 0.25) is 5.78 Å². The molecule has 1 aromatic heterocycles. The predicted octanol–water partition coefficient (Wildman–Crippen LogP) is 5.48. The van der Waals surface area contributed by atoms with Gasteiger partial charge in [0.05, 0.1) is 46.5 Å². The molecular weight excluding hydrogens is 492 g/mol. The first kappa shape index (κ1) is 27.1. The quantitative estimate of drug-likeness (QED) is 0.287. The number of Topliss-reactive ketones (excluding diaryl/α,β-unsaturated/α-hetero) is 1. The summed E-state index contributed by atoms with van der Waals surface area (Å²) < 4.78 is 17.7. The van der Waals surface area contributed by atoms with Crippen molar-refractivity contribution in [3.63, 3.8) is 0 Å². The molecule has 2 aliphatic heterocycles. The molecule has 2 aliphatic rings. The molecule has 9 heteroatoms. The van der Waals surface area contributed by atoms with Crippen molar-refractivity contribution in [2.75, 3.05) is 26.4 Å². The molecule has 3 heterocycles. The fraction of sp³-hybridized carbons (Fsp3) is 0.536. The summed E-state index contributed by atoms with van der Waals surface area (Å²) in [7, 11) is 0. The van der Waals surface area contributed by atoms with E-state index in [0.29, 0.717) is 47.5 Å². The summed E-state index contributed by atoms with van der Waals surface area (Å²) in [5, 5.41) is 11.8. The molecule has 37 heavy (non-hydrogen) atoms. The number of hydrogen-bond donors (Lipinski definition) is 1. The van der Waals surface area contributed by atoms with Gasteiger partial charge in [0.15, 0.2) is 17.3 Å². The van der Waals surface area contributed by atoms with Crippen molar-refractivity contribution in [2.45, 2.75) is 71.9 Å². The second kappa shape index (κ2) is 12.1. The molecule has 1 aromatic carbocycles. The third-order valence-corrected chi connectivity index (χ3v) is 7.74. The SMILES string of the molecule is CCCCCOc1ccc(C2C(C(=O)c3sc(C)nc3C)=C(O)C(=O)N2CC2CCCO2)cc1OCC. The minimum atomic E-state index is -0.778. The molecule has 2 aromatic rings. The molecule has 8 nitrogen and oxygen atoms in total. The second-order valence-electron chi connectivity index (χ2n) is 9.43. The minimum absolute atomic E-state index is 0.0637. The van der Waals surface area contributed by atoms with E-state index >= 15 is 0 Å². The number of ketones is 1. The molecule has 1 saturated heterocycles. The first-order valence-corrected chi connectivity index (χ1v) is 13.9. The van der Waals surface area contributed by atoms with Crippen LogP contribution in [-0.2, 0) is 9.53 Å². The Morgan fingerprint density at radius 2 is 2.03 bits per heavy atom. The molecule has 2 unspecified atom stereocenters. The van der Waals surface area contributed by atoms with Crippen LogP contribution in [0.4, 0.5) is 0 Å². The second-order valence-corrected chi connectivity index (χ2v) is 10.6. The Morgan fingerprint density at radius 3 is 2.68 bits per heavy atom. The van der Waals surface area contributed by atoms with Gasteiger partial charge >= 0.3 is 0 Å². The van der Waals surface area contributed by atoms with Gasteiger partial charge in [-0.3, -0.25) is 9.59 Å². The molecule has 0 aliphatic carbocycles. The van der Waals surface area contributed by atoms with Crippen LogP contribution in [0.2, 0.25) is 0 Å². The zero-order chi connectivity index (χ0) is 26.5. The highest BCUT2D eigenvalue weighted by molar-refractivity contribution is 7.14. The zero-order valence-electron chi connectivity index (χ0n) is 22.0. The highest BCUT2D eigenvalue weighted by Gasteiger charge is 2.45. The normalized spacial score (nSPS) is 19.7. The number of nitrogens with zero attached hydrogens (tertiary/aromatic N) is 2. The van der Waals surface area contributed by atoms with Crippen LogP contribution in [0.1, 0.15) is 77.9 Å². The van der Waals surface area contributed by atoms with Gasteiger partial charge in [-0.25, -0.2) is 4.98 Å². The maximum Gasteiger partial charge on any atom is 0.290 e. The molecule has 200 valence electrons. The van der Waals surface area contributed by atoms with E-state index in [2.05, 4.69) is 11.9 Å². The van der Waals surface area contributed by atoms with Crippen LogP contribution in [0.15, 0.2) is 29.5 Å². The summed E-state index contributed by atoms with van der Waals surface area (Å²) in [5.74, 6) is -0.306. The number of aliphatic hydroxyl groups excluding tert-OH is 1. The number of aliphatic hydroxyl groups is 1. The Bertz CT molecular complexity index is 1170. The van der Waals surface area contributed by atoms with Crippen LogP contribution in [-0.4, -0.2) is 59.2 Å². The van der Waals surface area contributed by atoms with Gasteiger partial charge in [0.1, 0.15) is 0 Å². The first-order valence-electron chi connectivity index (χ1n) is 13.1. The van der Waals surface area contributed by atoms with Gasteiger partial charge in [-0.15, -0.1) is 11.3 Å². The van der Waals surface area contributed by atoms with E-state index in [1.165, 1.54) is 11.3 Å². The largest absolute Gasteiger partial charge is 0.503 e. The van der Waals surface area contributed by atoms with Gasteiger partial charge in [-0.1, -0.05) is 25.8 Å². The zero-order valence-corrected chi connectivity index (χ0v) is 22.9. The van der Waals surface area contributed by atoms with Crippen LogP contribution in [0, 0.1) is 13.8 Å². The highest BCUT2D eigenvalue weighted by atomic mass is 32.1. The van der Waals surface area contributed by atoms with Crippen LogP contribution < -0.4 is 9.47 Å². The number of carbonyl (C=O) groups excluding carboxylic acids is 2. The average Bonchev–Trinajstić information content (AvgIpc) is 3.57. The van der Waals surface area contributed by atoms with E-state index in [1.54, 1.807) is 11.8 Å². The maximum atomic E-state index is 13.8. The summed E-state index contributed by atoms with van der Waals surface area (Å²) in [5.41, 5.74) is 1.32. The summed E-state index contributed by atoms with van der Waals surface area (Å²) >= 11 is 1.27. The predicted molar refractivity (Wildman–Crippen MR) is 142 cm³/mol. The fourth-order valence-corrected chi connectivity index (χ4v) is 5.78. The van der Waals surface area contributed by atoms with Crippen LogP contribution in [0.3, 0.4) is 0 Å². The van der Waals surface area contributed by atoms with Crippen LogP contribution >= 0.6 is 11.3 Å². The molecule has 0 spiro atoms. The van der Waals surface area contributed by atoms with Crippen molar-refractivity contribution in [3.8, 4) is 11.5 Å². The number of benzene rings is 1. The van der Waals surface area contributed by atoms with Crippen molar-refractivity contribution >= 4 is 23.0 Å². The monoisotopic (exact) mass is 528 g/mol. The van der Waals surface area contributed by atoms with E-state index in [9.17, 15) is 14.7 Å². The van der Waals surface area contributed by atoms with E-state index in [-0.39, 0.29) is 24.0 Å². The van der Waals surface area contributed by atoms with E-state index in [0.717, 1.165) is 37.1 Å². The summed E-state index contributed by atoms with van der Waals surface area (Å²) in [4.78, 5) is 33.5. The van der Waals surface area contributed by atoms with Gasteiger partial charge in [-0.2, -0.15) is 0 Å². The van der Waals surface area contributed by atoms with Crippen molar-refractivity contribution in [1.82, 2.24) is 9.88 Å². The molecule has 4 rings (SSSR count). The molecule has 1 amide bonds. The topological polar surface area (TPSA) is 98.2 Å². The Kier molecular flexibility index (Phi) is 8.87. The molecule has 2 atom stereocenters. The number of rotatable bonds is 12. The number of carbonyl (C=O) groups is 2. The lowest BCUT2D eigenvalue weighted by Crippen LogP contribution is -2.37. The average molecular weight is 529 g/mol. The summed E-state index contributed by atoms with van der Waals surface area (Å²) in [6.45, 7) is 9.57. The third kappa shape index (κ3) is 5.83. The number of thiazole rings is 1. The van der Waals surface area contributed by atoms with Crippen LogP contribution in [0.5, 0.6) is 11.5 Å². The van der Waals surface area contributed by atoms with Crippen LogP contribution in [0.25, 0.3) is 0 Å². The number of aryl methyl sites for hydroxylation is 2. The van der Waals surface area contributed by atoms with E-state index < -0.39 is 17.7 Å². The fourth-order valence-electron chi connectivity index (χ4n) is 4.91. The van der Waals surface area contributed by atoms with Crippen molar-refractivity contribution in [1.29, 1.82) is 0 Å². The molecule has 0 saturated carbocycles. The van der Waals surface area contributed by atoms with Gasteiger partial charge in [0.25, 0.3) is 5.91 Å². The highest BCUT2D eigenvalue weighted by Crippen LogP contribution is 2.43. The minimum Gasteiger partial charge on any atom is -0.503 e. The van der Waals surface area contributed by atoms with E-state index in [4.69, 9.17) is 14.2 Å². The van der Waals surface area contributed by atoms with Gasteiger partial charge in [0, 0.05) is 13.2 Å². The Morgan fingerprint density at radius 1 is 1.22 bits per heavy atom. The van der Waals surface area contributed by atoms with Gasteiger partial charge < -0.3 is 24.2 Å². The molecule has 0 radical (unpaired) electrons. The van der Waals surface area contributed by atoms with E-state index in [1.807, 2.05) is 32.0 Å². The maximum absolute atomic E-state index is 13.8. The summed E-state index contributed by atoms with van der Waals surface area (Å²) in [6.07, 6.45) is 4.72. The number of aromatic nitrogens is 1. The van der Waals surface area contributed by atoms with Crippen molar-refractivity contribution in [2.24, 2.45) is 0 Å². The lowest BCUT2D eigenvalue weighted by atomic mass is 9.94. The third-order valence-electron chi connectivity index (χ3n) is 6.67.